The average Bonchev–Trinajstić information content (AvgIpc) is 2.40. The van der Waals surface area contributed by atoms with Crippen LogP contribution in [0.3, 0.4) is 0 Å². The number of nitrogens with zero attached hydrogens (tertiary/aromatic N) is 2. The molecule has 0 N–H and O–H groups in total. The molecule has 0 spiro atoms. The molecular weight excluding hydrogens is 309 g/mol. The highest BCUT2D eigenvalue weighted by molar-refractivity contribution is 7.99. The molecule has 0 aliphatic carbocycles. The van der Waals surface area contributed by atoms with Gasteiger partial charge in [-0.05, 0) is 30.3 Å². The second-order valence-corrected chi connectivity index (χ2v) is 5.18. The normalized spacial score (nSPS) is 11.2. The number of alkyl halides is 3. The molecule has 1 aromatic heterocycles. The molecule has 2 aromatic rings. The first-order valence-electron chi connectivity index (χ1n) is 5.31. The lowest BCUT2D eigenvalue weighted by atomic mass is 10.1. The molecule has 0 aliphatic heterocycles. The predicted molar refractivity (Wildman–Crippen MR) is 69.5 cm³/mol. The molecule has 0 amide bonds. The maximum atomic E-state index is 12.7. The third-order valence-corrected chi connectivity index (χ3v) is 3.78. The number of aromatic nitrogens is 1. The first-order chi connectivity index (χ1) is 9.41. The average molecular weight is 315 g/mol. The monoisotopic (exact) mass is 314 g/mol. The number of hydrogen-bond donors (Lipinski definition) is 0. The van der Waals surface area contributed by atoms with Crippen LogP contribution in [0.15, 0.2) is 46.5 Å². The van der Waals surface area contributed by atoms with Crippen LogP contribution in [0.5, 0.6) is 0 Å². The fourth-order valence-corrected chi connectivity index (χ4v) is 2.54. The van der Waals surface area contributed by atoms with Crippen LogP contribution in [0, 0.1) is 11.3 Å². The first-order valence-corrected chi connectivity index (χ1v) is 6.51. The summed E-state index contributed by atoms with van der Waals surface area (Å²) in [6.45, 7) is 0. The molecule has 0 saturated heterocycles. The number of rotatable bonds is 2. The van der Waals surface area contributed by atoms with Crippen molar-refractivity contribution in [3.8, 4) is 6.07 Å². The zero-order chi connectivity index (χ0) is 14.8. The standard InChI is InChI=1S/C13H6ClF3N2S/c14-11-2-1-5-19-12(11)20-9-3-4-10(13(15,16)17)8(6-9)7-18/h1-6H. The third kappa shape index (κ3) is 3.24. The van der Waals surface area contributed by atoms with E-state index in [4.69, 9.17) is 16.9 Å². The SMILES string of the molecule is N#Cc1cc(Sc2ncccc2Cl)ccc1C(F)(F)F. The van der Waals surface area contributed by atoms with E-state index in [0.29, 0.717) is 14.9 Å². The molecule has 0 radical (unpaired) electrons. The van der Waals surface area contributed by atoms with E-state index >= 15 is 0 Å². The molecule has 0 aliphatic rings. The van der Waals surface area contributed by atoms with Crippen molar-refractivity contribution in [2.75, 3.05) is 0 Å². The molecule has 2 nitrogen and oxygen atoms in total. The van der Waals surface area contributed by atoms with Crippen LogP contribution in [-0.4, -0.2) is 4.98 Å². The van der Waals surface area contributed by atoms with Gasteiger partial charge in [0.15, 0.2) is 0 Å². The van der Waals surface area contributed by atoms with E-state index in [1.54, 1.807) is 18.2 Å². The molecule has 0 bridgehead atoms. The van der Waals surface area contributed by atoms with Crippen molar-refractivity contribution in [3.63, 3.8) is 0 Å². The van der Waals surface area contributed by atoms with Gasteiger partial charge in [-0.15, -0.1) is 0 Å². The van der Waals surface area contributed by atoms with Gasteiger partial charge in [-0.1, -0.05) is 23.4 Å². The van der Waals surface area contributed by atoms with Crippen LogP contribution in [0.25, 0.3) is 0 Å². The smallest absolute Gasteiger partial charge is 0.248 e. The fourth-order valence-electron chi connectivity index (χ4n) is 1.48. The summed E-state index contributed by atoms with van der Waals surface area (Å²) in [4.78, 5) is 4.49. The molecule has 2 rings (SSSR count). The van der Waals surface area contributed by atoms with E-state index in [1.807, 2.05) is 0 Å². The zero-order valence-corrected chi connectivity index (χ0v) is 11.4. The zero-order valence-electron chi connectivity index (χ0n) is 9.78. The molecule has 0 atom stereocenters. The van der Waals surface area contributed by atoms with Crippen LogP contribution < -0.4 is 0 Å². The van der Waals surface area contributed by atoms with Gasteiger partial charge >= 0.3 is 6.18 Å². The number of benzene rings is 1. The highest BCUT2D eigenvalue weighted by Crippen LogP contribution is 2.36. The van der Waals surface area contributed by atoms with E-state index in [2.05, 4.69) is 4.98 Å². The highest BCUT2D eigenvalue weighted by atomic mass is 35.5. The van der Waals surface area contributed by atoms with Crippen LogP contribution in [0.1, 0.15) is 11.1 Å². The summed E-state index contributed by atoms with van der Waals surface area (Å²) < 4.78 is 38.0. The van der Waals surface area contributed by atoms with Gasteiger partial charge in [0.05, 0.1) is 22.2 Å². The Kier molecular flexibility index (Phi) is 4.21. The molecule has 0 saturated carbocycles. The molecule has 0 unspecified atom stereocenters. The summed E-state index contributed by atoms with van der Waals surface area (Å²) in [6.07, 6.45) is -3.01. The lowest BCUT2D eigenvalue weighted by Gasteiger charge is -2.10. The minimum Gasteiger partial charge on any atom is -0.248 e. The van der Waals surface area contributed by atoms with Crippen molar-refractivity contribution in [2.24, 2.45) is 0 Å². The Morgan fingerprint density at radius 1 is 1.25 bits per heavy atom. The molecule has 1 aromatic carbocycles. The van der Waals surface area contributed by atoms with Crippen molar-refractivity contribution in [2.45, 2.75) is 16.1 Å². The Hall–Kier alpha value is -1.71. The minimum atomic E-state index is -4.54. The van der Waals surface area contributed by atoms with E-state index in [9.17, 15) is 13.2 Å². The van der Waals surface area contributed by atoms with Gasteiger partial charge in [-0.2, -0.15) is 18.4 Å². The van der Waals surface area contributed by atoms with E-state index < -0.39 is 17.3 Å². The number of nitriles is 1. The Morgan fingerprint density at radius 2 is 2.00 bits per heavy atom. The van der Waals surface area contributed by atoms with E-state index in [1.165, 1.54) is 18.3 Å². The van der Waals surface area contributed by atoms with Crippen LogP contribution in [-0.2, 0) is 6.18 Å². The van der Waals surface area contributed by atoms with Gasteiger partial charge in [0.2, 0.25) is 0 Å². The van der Waals surface area contributed by atoms with Crippen molar-refractivity contribution in [1.29, 1.82) is 5.26 Å². The Labute approximate surface area is 122 Å². The quantitative estimate of drug-likeness (QED) is 0.800. The van der Waals surface area contributed by atoms with Crippen LogP contribution in [0.4, 0.5) is 13.2 Å². The summed E-state index contributed by atoms with van der Waals surface area (Å²) in [5.74, 6) is 0. The molecule has 7 heteroatoms. The van der Waals surface area contributed by atoms with Crippen molar-refractivity contribution < 1.29 is 13.2 Å². The number of pyridine rings is 1. The molecule has 0 fully saturated rings. The maximum absolute atomic E-state index is 12.7. The van der Waals surface area contributed by atoms with Crippen LogP contribution in [0.2, 0.25) is 5.02 Å². The van der Waals surface area contributed by atoms with Crippen molar-refractivity contribution >= 4 is 23.4 Å². The van der Waals surface area contributed by atoms with Gasteiger partial charge in [0.1, 0.15) is 5.03 Å². The Morgan fingerprint density at radius 3 is 2.60 bits per heavy atom. The van der Waals surface area contributed by atoms with Gasteiger partial charge in [0.25, 0.3) is 0 Å². The summed E-state index contributed by atoms with van der Waals surface area (Å²) in [6, 6.07) is 8.20. The lowest BCUT2D eigenvalue weighted by molar-refractivity contribution is -0.137. The fraction of sp³-hybridized carbons (Fsp3) is 0.0769. The van der Waals surface area contributed by atoms with Crippen molar-refractivity contribution in [1.82, 2.24) is 4.98 Å². The lowest BCUT2D eigenvalue weighted by Crippen LogP contribution is -2.07. The van der Waals surface area contributed by atoms with E-state index in [0.717, 1.165) is 17.8 Å². The second kappa shape index (κ2) is 5.73. The molecule has 1 heterocycles. The first kappa shape index (κ1) is 14.7. The summed E-state index contributed by atoms with van der Waals surface area (Å²) >= 11 is 7.02. The summed E-state index contributed by atoms with van der Waals surface area (Å²) in [7, 11) is 0. The molecular formula is C13H6ClF3N2S. The Balaban J connectivity index is 2.37. The second-order valence-electron chi connectivity index (χ2n) is 3.71. The third-order valence-electron chi connectivity index (χ3n) is 2.36. The van der Waals surface area contributed by atoms with Crippen LogP contribution >= 0.6 is 23.4 Å². The summed E-state index contributed by atoms with van der Waals surface area (Å²) in [5.41, 5.74) is -1.37. The van der Waals surface area contributed by atoms with Gasteiger partial charge in [0, 0.05) is 11.1 Å². The van der Waals surface area contributed by atoms with Gasteiger partial charge in [-0.3, -0.25) is 0 Å². The van der Waals surface area contributed by atoms with Gasteiger partial charge < -0.3 is 0 Å². The predicted octanol–water partition coefficient (Wildman–Crippen LogP) is 4.78. The van der Waals surface area contributed by atoms with Gasteiger partial charge in [-0.25, -0.2) is 4.98 Å². The largest absolute Gasteiger partial charge is 0.417 e. The molecule has 20 heavy (non-hydrogen) atoms. The topological polar surface area (TPSA) is 36.7 Å². The highest BCUT2D eigenvalue weighted by Gasteiger charge is 2.33. The maximum Gasteiger partial charge on any atom is 0.417 e. The number of halogens is 4. The molecule has 102 valence electrons. The summed E-state index contributed by atoms with van der Waals surface area (Å²) in [5, 5.41) is 9.70. The minimum absolute atomic E-state index is 0.399. The van der Waals surface area contributed by atoms with Crippen molar-refractivity contribution in [3.05, 3.63) is 52.7 Å². The number of hydrogen-bond acceptors (Lipinski definition) is 3. The Bertz CT molecular complexity index is 680. The van der Waals surface area contributed by atoms with E-state index in [-0.39, 0.29) is 0 Å².